The van der Waals surface area contributed by atoms with Gasteiger partial charge in [-0.2, -0.15) is 10.2 Å². The molecule has 1 aromatic heterocycles. The van der Waals surface area contributed by atoms with Crippen molar-refractivity contribution < 1.29 is 9.59 Å². The summed E-state index contributed by atoms with van der Waals surface area (Å²) in [5.41, 5.74) is 1.34. The summed E-state index contributed by atoms with van der Waals surface area (Å²) in [4.78, 5) is 24.9. The van der Waals surface area contributed by atoms with Gasteiger partial charge in [0.2, 0.25) is 5.91 Å². The van der Waals surface area contributed by atoms with Crippen LogP contribution >= 0.6 is 0 Å². The van der Waals surface area contributed by atoms with Gasteiger partial charge in [-0.25, -0.2) is 5.01 Å². The highest BCUT2D eigenvalue weighted by molar-refractivity contribution is 6.39. The average Bonchev–Trinajstić information content (AvgIpc) is 2.84. The summed E-state index contributed by atoms with van der Waals surface area (Å²) >= 11 is 0. The number of nitrogens with one attached hydrogen (secondary N) is 1. The van der Waals surface area contributed by atoms with Gasteiger partial charge in [0, 0.05) is 45.2 Å². The minimum atomic E-state index is -0.157. The van der Waals surface area contributed by atoms with Crippen molar-refractivity contribution >= 4 is 17.5 Å². The van der Waals surface area contributed by atoms with E-state index < -0.39 is 0 Å². The Morgan fingerprint density at radius 1 is 1.56 bits per heavy atom. The number of carbonyl (C=O) groups is 2. The molecular formula is C11H15N5O2. The third kappa shape index (κ3) is 2.55. The molecular weight excluding hydrogens is 234 g/mol. The fourth-order valence-electron chi connectivity index (χ4n) is 1.75. The molecule has 0 saturated carbocycles. The molecule has 18 heavy (non-hydrogen) atoms. The maximum Gasteiger partial charge on any atom is 0.270 e. The Morgan fingerprint density at radius 2 is 2.33 bits per heavy atom. The van der Waals surface area contributed by atoms with Crippen molar-refractivity contribution in [2.24, 2.45) is 5.10 Å². The summed E-state index contributed by atoms with van der Waals surface area (Å²) in [7, 11) is 3.26. The standard InChI is InChI=1S/C11H15N5O2/c1-15(7-8-5-12-13-6-8)11(18)9-3-4-10(17)16(2)14-9/h5-6H,3-4,7H2,1-2H3,(H,12,13). The largest absolute Gasteiger partial charge is 0.336 e. The van der Waals surface area contributed by atoms with E-state index in [0.29, 0.717) is 25.1 Å². The van der Waals surface area contributed by atoms with E-state index in [-0.39, 0.29) is 11.8 Å². The molecule has 0 radical (unpaired) electrons. The SMILES string of the molecule is CN(Cc1cn[nH]c1)C(=O)C1=NN(C)C(=O)CC1. The van der Waals surface area contributed by atoms with Crippen LogP contribution in [0.2, 0.25) is 0 Å². The van der Waals surface area contributed by atoms with E-state index in [1.165, 1.54) is 5.01 Å². The number of rotatable bonds is 3. The van der Waals surface area contributed by atoms with Crippen LogP contribution in [0.25, 0.3) is 0 Å². The van der Waals surface area contributed by atoms with E-state index in [4.69, 9.17) is 0 Å². The molecule has 0 bridgehead atoms. The molecule has 1 aliphatic rings. The maximum atomic E-state index is 12.1. The Balaban J connectivity index is 2.03. The topological polar surface area (TPSA) is 81.7 Å². The molecule has 0 fully saturated rings. The number of hydrazone groups is 1. The van der Waals surface area contributed by atoms with Crippen molar-refractivity contribution in [1.82, 2.24) is 20.1 Å². The van der Waals surface area contributed by atoms with Crippen LogP contribution in [0.3, 0.4) is 0 Å². The lowest BCUT2D eigenvalue weighted by atomic mass is 10.1. The van der Waals surface area contributed by atoms with E-state index in [0.717, 1.165) is 5.56 Å². The van der Waals surface area contributed by atoms with E-state index in [2.05, 4.69) is 15.3 Å². The van der Waals surface area contributed by atoms with E-state index in [1.54, 1.807) is 31.4 Å². The zero-order valence-corrected chi connectivity index (χ0v) is 10.4. The number of aromatic amines is 1. The molecule has 1 N–H and O–H groups in total. The van der Waals surface area contributed by atoms with Gasteiger partial charge >= 0.3 is 0 Å². The van der Waals surface area contributed by atoms with Gasteiger partial charge in [-0.15, -0.1) is 0 Å². The zero-order valence-electron chi connectivity index (χ0n) is 10.4. The summed E-state index contributed by atoms with van der Waals surface area (Å²) in [6.45, 7) is 0.464. The molecule has 96 valence electrons. The second-order valence-corrected chi connectivity index (χ2v) is 4.23. The number of aromatic nitrogens is 2. The molecule has 0 aliphatic carbocycles. The molecule has 0 saturated heterocycles. The first kappa shape index (κ1) is 12.3. The predicted molar refractivity (Wildman–Crippen MR) is 64.5 cm³/mol. The van der Waals surface area contributed by atoms with Crippen molar-refractivity contribution in [3.8, 4) is 0 Å². The van der Waals surface area contributed by atoms with Crippen LogP contribution in [-0.4, -0.2) is 51.7 Å². The van der Waals surface area contributed by atoms with Crippen LogP contribution in [-0.2, 0) is 16.1 Å². The van der Waals surface area contributed by atoms with E-state index in [9.17, 15) is 9.59 Å². The highest BCUT2D eigenvalue weighted by Gasteiger charge is 2.24. The van der Waals surface area contributed by atoms with Crippen LogP contribution in [0.4, 0.5) is 0 Å². The lowest BCUT2D eigenvalue weighted by Crippen LogP contribution is -2.38. The average molecular weight is 249 g/mol. The molecule has 1 aliphatic heterocycles. The Labute approximate surface area is 104 Å². The molecule has 0 spiro atoms. The van der Waals surface area contributed by atoms with Crippen molar-refractivity contribution in [3.05, 3.63) is 18.0 Å². The molecule has 0 unspecified atom stereocenters. The summed E-state index contributed by atoms with van der Waals surface area (Å²) < 4.78 is 0. The van der Waals surface area contributed by atoms with Crippen LogP contribution in [0.5, 0.6) is 0 Å². The minimum Gasteiger partial charge on any atom is -0.336 e. The number of carbonyl (C=O) groups excluding carboxylic acids is 2. The summed E-state index contributed by atoms with van der Waals surface area (Å²) in [6.07, 6.45) is 4.14. The van der Waals surface area contributed by atoms with E-state index >= 15 is 0 Å². The highest BCUT2D eigenvalue weighted by Crippen LogP contribution is 2.10. The number of nitrogens with zero attached hydrogens (tertiary/aromatic N) is 4. The minimum absolute atomic E-state index is 0.0657. The van der Waals surface area contributed by atoms with Gasteiger partial charge in [0.25, 0.3) is 5.91 Å². The van der Waals surface area contributed by atoms with Crippen LogP contribution in [0.1, 0.15) is 18.4 Å². The van der Waals surface area contributed by atoms with Crippen molar-refractivity contribution in [3.63, 3.8) is 0 Å². The maximum absolute atomic E-state index is 12.1. The smallest absolute Gasteiger partial charge is 0.270 e. The van der Waals surface area contributed by atoms with Crippen molar-refractivity contribution in [2.75, 3.05) is 14.1 Å². The van der Waals surface area contributed by atoms with Gasteiger partial charge in [-0.3, -0.25) is 14.7 Å². The summed E-state index contributed by atoms with van der Waals surface area (Å²) in [5.74, 6) is -0.223. The number of hydrogen-bond acceptors (Lipinski definition) is 4. The van der Waals surface area contributed by atoms with Crippen LogP contribution in [0, 0.1) is 0 Å². The van der Waals surface area contributed by atoms with Gasteiger partial charge in [0.15, 0.2) is 0 Å². The monoisotopic (exact) mass is 249 g/mol. The fourth-order valence-corrected chi connectivity index (χ4v) is 1.75. The molecule has 7 nitrogen and oxygen atoms in total. The highest BCUT2D eigenvalue weighted by atomic mass is 16.2. The number of H-pyrrole nitrogens is 1. The van der Waals surface area contributed by atoms with Crippen molar-refractivity contribution in [1.29, 1.82) is 0 Å². The normalized spacial score (nSPS) is 15.6. The van der Waals surface area contributed by atoms with Crippen molar-refractivity contribution in [2.45, 2.75) is 19.4 Å². The number of hydrogen-bond donors (Lipinski definition) is 1. The fraction of sp³-hybridized carbons (Fsp3) is 0.455. The first-order chi connectivity index (χ1) is 8.58. The second kappa shape index (κ2) is 4.99. The Kier molecular flexibility index (Phi) is 3.40. The van der Waals surface area contributed by atoms with Gasteiger partial charge in [0.1, 0.15) is 5.71 Å². The third-order valence-corrected chi connectivity index (χ3v) is 2.78. The number of amides is 2. The molecule has 0 aromatic carbocycles. The summed E-state index contributed by atoms with van der Waals surface area (Å²) in [6, 6.07) is 0. The first-order valence-electron chi connectivity index (χ1n) is 5.65. The summed E-state index contributed by atoms with van der Waals surface area (Å²) in [5, 5.41) is 11.7. The Morgan fingerprint density at radius 3 is 2.94 bits per heavy atom. The molecule has 2 rings (SSSR count). The lowest BCUT2D eigenvalue weighted by Gasteiger charge is -2.22. The predicted octanol–water partition coefficient (Wildman–Crippen LogP) is -0.0237. The first-order valence-corrected chi connectivity index (χ1v) is 5.65. The van der Waals surface area contributed by atoms with Gasteiger partial charge in [-0.1, -0.05) is 0 Å². The molecule has 1 aromatic rings. The third-order valence-electron chi connectivity index (χ3n) is 2.78. The van der Waals surface area contributed by atoms with Gasteiger partial charge in [-0.05, 0) is 0 Å². The zero-order chi connectivity index (χ0) is 13.1. The second-order valence-electron chi connectivity index (χ2n) is 4.23. The van der Waals surface area contributed by atoms with Crippen LogP contribution < -0.4 is 0 Å². The van der Waals surface area contributed by atoms with Gasteiger partial charge in [0.05, 0.1) is 6.20 Å². The van der Waals surface area contributed by atoms with Gasteiger partial charge < -0.3 is 4.90 Å². The Hall–Kier alpha value is -2.18. The van der Waals surface area contributed by atoms with E-state index in [1.807, 2.05) is 0 Å². The molecule has 2 heterocycles. The lowest BCUT2D eigenvalue weighted by molar-refractivity contribution is -0.130. The molecule has 7 heteroatoms. The Bertz CT molecular complexity index is 480. The quantitative estimate of drug-likeness (QED) is 0.817. The molecule has 2 amide bonds. The molecule has 0 atom stereocenters. The van der Waals surface area contributed by atoms with Crippen LogP contribution in [0.15, 0.2) is 17.5 Å².